The predicted molar refractivity (Wildman–Crippen MR) is 61.9 cm³/mol. The van der Waals surface area contributed by atoms with Crippen LogP contribution in [0.4, 0.5) is 0 Å². The van der Waals surface area contributed by atoms with E-state index in [0.29, 0.717) is 0 Å². The van der Waals surface area contributed by atoms with Crippen molar-refractivity contribution in [3.05, 3.63) is 46.5 Å². The molecule has 2 rings (SSSR count). The van der Waals surface area contributed by atoms with Crippen LogP contribution < -0.4 is 0 Å². The molecule has 0 spiro atoms. The summed E-state index contributed by atoms with van der Waals surface area (Å²) < 4.78 is 2.92. The first-order chi connectivity index (χ1) is 7.22. The third-order valence-electron chi connectivity index (χ3n) is 2.30. The van der Waals surface area contributed by atoms with Gasteiger partial charge in [-0.25, -0.2) is 4.98 Å². The number of hydrogen-bond donors (Lipinski definition) is 1. The SMILES string of the molecule is Cc1nccn1-c1ccc(Br)cc1CO. The maximum Gasteiger partial charge on any atom is 0.110 e. The highest BCUT2D eigenvalue weighted by molar-refractivity contribution is 9.10. The Balaban J connectivity index is 2.58. The molecule has 3 nitrogen and oxygen atoms in total. The highest BCUT2D eigenvalue weighted by atomic mass is 79.9. The second-order valence-electron chi connectivity index (χ2n) is 3.28. The maximum atomic E-state index is 9.28. The summed E-state index contributed by atoms with van der Waals surface area (Å²) in [5.74, 6) is 0.909. The van der Waals surface area contributed by atoms with Crippen molar-refractivity contribution in [2.24, 2.45) is 0 Å². The van der Waals surface area contributed by atoms with Gasteiger partial charge in [0.15, 0.2) is 0 Å². The molecular weight excluding hydrogens is 256 g/mol. The van der Waals surface area contributed by atoms with Crippen LogP contribution >= 0.6 is 15.9 Å². The second-order valence-corrected chi connectivity index (χ2v) is 4.19. The molecule has 0 amide bonds. The van der Waals surface area contributed by atoms with Gasteiger partial charge in [-0.05, 0) is 25.1 Å². The first-order valence-corrected chi connectivity index (χ1v) is 5.41. The number of aromatic nitrogens is 2. The molecule has 0 radical (unpaired) electrons. The quantitative estimate of drug-likeness (QED) is 0.907. The fourth-order valence-electron chi connectivity index (χ4n) is 1.55. The molecule has 0 aliphatic carbocycles. The molecule has 1 aromatic carbocycles. The highest BCUT2D eigenvalue weighted by Crippen LogP contribution is 2.21. The van der Waals surface area contributed by atoms with Crippen molar-refractivity contribution in [3.8, 4) is 5.69 Å². The Morgan fingerprint density at radius 1 is 1.47 bits per heavy atom. The zero-order valence-corrected chi connectivity index (χ0v) is 9.90. The normalized spacial score (nSPS) is 10.6. The third-order valence-corrected chi connectivity index (χ3v) is 2.79. The number of rotatable bonds is 2. The van der Waals surface area contributed by atoms with Gasteiger partial charge in [0.1, 0.15) is 5.82 Å². The van der Waals surface area contributed by atoms with E-state index in [-0.39, 0.29) is 6.61 Å². The lowest BCUT2D eigenvalue weighted by Crippen LogP contribution is -2.00. The number of imidazole rings is 1. The van der Waals surface area contributed by atoms with Crippen LogP contribution in [-0.2, 0) is 6.61 Å². The Morgan fingerprint density at radius 3 is 2.87 bits per heavy atom. The first-order valence-electron chi connectivity index (χ1n) is 4.62. The molecule has 0 aliphatic rings. The van der Waals surface area contributed by atoms with Gasteiger partial charge in [0.25, 0.3) is 0 Å². The smallest absolute Gasteiger partial charge is 0.110 e. The van der Waals surface area contributed by atoms with Crippen molar-refractivity contribution in [2.45, 2.75) is 13.5 Å². The predicted octanol–water partition coefficient (Wildman–Crippen LogP) is 2.44. The van der Waals surface area contributed by atoms with Crippen LogP contribution in [0.3, 0.4) is 0 Å². The number of benzene rings is 1. The number of nitrogens with zero attached hydrogens (tertiary/aromatic N) is 2. The van der Waals surface area contributed by atoms with E-state index in [1.54, 1.807) is 6.20 Å². The molecule has 78 valence electrons. The number of aryl methyl sites for hydroxylation is 1. The lowest BCUT2D eigenvalue weighted by Gasteiger charge is -2.10. The van der Waals surface area contributed by atoms with Crippen molar-refractivity contribution >= 4 is 15.9 Å². The van der Waals surface area contributed by atoms with Crippen LogP contribution in [0.5, 0.6) is 0 Å². The van der Waals surface area contributed by atoms with Gasteiger partial charge in [0.2, 0.25) is 0 Å². The summed E-state index contributed by atoms with van der Waals surface area (Å²) in [5, 5.41) is 9.28. The van der Waals surface area contributed by atoms with E-state index in [0.717, 1.165) is 21.5 Å². The lowest BCUT2D eigenvalue weighted by molar-refractivity contribution is 0.281. The highest BCUT2D eigenvalue weighted by Gasteiger charge is 2.06. The third kappa shape index (κ3) is 1.96. The molecule has 0 fully saturated rings. The van der Waals surface area contributed by atoms with Crippen molar-refractivity contribution in [3.63, 3.8) is 0 Å². The van der Waals surface area contributed by atoms with Gasteiger partial charge < -0.3 is 9.67 Å². The molecule has 1 heterocycles. The fourth-order valence-corrected chi connectivity index (χ4v) is 1.96. The summed E-state index contributed by atoms with van der Waals surface area (Å²) in [6.45, 7) is 1.95. The molecule has 1 aromatic heterocycles. The molecule has 0 saturated carbocycles. The zero-order valence-electron chi connectivity index (χ0n) is 8.31. The minimum atomic E-state index is 0.0202. The van der Waals surface area contributed by atoms with E-state index in [9.17, 15) is 5.11 Å². The van der Waals surface area contributed by atoms with Gasteiger partial charge in [0.05, 0.1) is 12.3 Å². The summed E-state index contributed by atoms with van der Waals surface area (Å²) in [4.78, 5) is 4.16. The molecule has 4 heteroatoms. The van der Waals surface area contributed by atoms with Crippen LogP contribution in [-0.4, -0.2) is 14.7 Å². The van der Waals surface area contributed by atoms with Gasteiger partial charge in [-0.15, -0.1) is 0 Å². The lowest BCUT2D eigenvalue weighted by atomic mass is 10.2. The minimum Gasteiger partial charge on any atom is -0.392 e. The molecule has 0 saturated heterocycles. The van der Waals surface area contributed by atoms with E-state index in [2.05, 4.69) is 20.9 Å². The molecule has 1 N–H and O–H groups in total. The largest absolute Gasteiger partial charge is 0.392 e. The molecule has 0 unspecified atom stereocenters. The fraction of sp³-hybridized carbons (Fsp3) is 0.182. The van der Waals surface area contributed by atoms with Crippen molar-refractivity contribution in [2.75, 3.05) is 0 Å². The van der Waals surface area contributed by atoms with E-state index in [4.69, 9.17) is 0 Å². The standard InChI is InChI=1S/C11H11BrN2O/c1-8-13-4-5-14(8)11-3-2-10(12)6-9(11)7-15/h2-6,15H,7H2,1H3. The summed E-state index contributed by atoms with van der Waals surface area (Å²) in [6, 6.07) is 5.83. The molecule has 0 aliphatic heterocycles. The topological polar surface area (TPSA) is 38.0 Å². The van der Waals surface area contributed by atoms with Crippen molar-refractivity contribution < 1.29 is 5.11 Å². The van der Waals surface area contributed by atoms with Crippen LogP contribution in [0, 0.1) is 6.92 Å². The Morgan fingerprint density at radius 2 is 2.27 bits per heavy atom. The monoisotopic (exact) mass is 266 g/mol. The molecular formula is C11H11BrN2O. The van der Waals surface area contributed by atoms with Gasteiger partial charge in [-0.1, -0.05) is 15.9 Å². The number of aliphatic hydroxyl groups is 1. The van der Waals surface area contributed by atoms with Crippen molar-refractivity contribution in [1.29, 1.82) is 0 Å². The molecule has 0 bridgehead atoms. The Bertz CT molecular complexity index is 479. The molecule has 2 aromatic rings. The first kappa shape index (κ1) is 10.4. The van der Waals surface area contributed by atoms with Crippen LogP contribution in [0.15, 0.2) is 35.1 Å². The van der Waals surface area contributed by atoms with E-state index >= 15 is 0 Å². The van der Waals surface area contributed by atoms with Crippen LogP contribution in [0.25, 0.3) is 5.69 Å². The Hall–Kier alpha value is -1.13. The van der Waals surface area contributed by atoms with Crippen LogP contribution in [0.2, 0.25) is 0 Å². The van der Waals surface area contributed by atoms with Gasteiger partial charge in [-0.3, -0.25) is 0 Å². The Labute approximate surface area is 96.5 Å². The van der Waals surface area contributed by atoms with Crippen LogP contribution in [0.1, 0.15) is 11.4 Å². The van der Waals surface area contributed by atoms with Gasteiger partial charge in [-0.2, -0.15) is 0 Å². The number of hydrogen-bond acceptors (Lipinski definition) is 2. The van der Waals surface area contributed by atoms with Gasteiger partial charge >= 0.3 is 0 Å². The second kappa shape index (κ2) is 4.16. The number of aliphatic hydroxyl groups excluding tert-OH is 1. The average molecular weight is 267 g/mol. The Kier molecular flexibility index (Phi) is 2.88. The summed E-state index contributed by atoms with van der Waals surface area (Å²) in [7, 11) is 0. The summed E-state index contributed by atoms with van der Waals surface area (Å²) >= 11 is 3.38. The molecule has 15 heavy (non-hydrogen) atoms. The summed E-state index contributed by atoms with van der Waals surface area (Å²) in [6.07, 6.45) is 3.64. The van der Waals surface area contributed by atoms with Crippen molar-refractivity contribution in [1.82, 2.24) is 9.55 Å². The van der Waals surface area contributed by atoms with Gasteiger partial charge in [0, 0.05) is 22.4 Å². The number of halogens is 1. The minimum absolute atomic E-state index is 0.0202. The van der Waals surface area contributed by atoms with E-state index in [1.165, 1.54) is 0 Å². The zero-order chi connectivity index (χ0) is 10.8. The summed E-state index contributed by atoms with van der Waals surface area (Å²) in [5.41, 5.74) is 1.85. The van der Waals surface area contributed by atoms with E-state index in [1.807, 2.05) is 35.9 Å². The van der Waals surface area contributed by atoms with E-state index < -0.39 is 0 Å². The maximum absolute atomic E-state index is 9.28. The average Bonchev–Trinajstić information content (AvgIpc) is 2.64. The molecule has 0 atom stereocenters.